The number of rotatable bonds is 15. The first-order valence-electron chi connectivity index (χ1n) is 17.7. The molecule has 3 fully saturated rings. The molecule has 3 saturated carbocycles. The molecule has 0 heterocycles. The first kappa shape index (κ1) is 31.8. The minimum Gasteiger partial charge on any atom is -0.490 e. The van der Waals surface area contributed by atoms with Gasteiger partial charge in [0.1, 0.15) is 0 Å². The van der Waals surface area contributed by atoms with Gasteiger partial charge in [-0.25, -0.2) is 4.39 Å². The minimum atomic E-state index is -0.780. The molecule has 0 spiro atoms. The lowest BCUT2D eigenvalue weighted by Crippen LogP contribution is -2.26. The van der Waals surface area contributed by atoms with Crippen LogP contribution >= 0.6 is 0 Å². The number of hydrogen-bond acceptors (Lipinski definition) is 1. The average Bonchev–Trinajstić information content (AvgIpc) is 2.99. The normalized spacial score (nSPS) is 29.4. The summed E-state index contributed by atoms with van der Waals surface area (Å²) in [6.07, 6.45) is 28.6. The van der Waals surface area contributed by atoms with E-state index in [4.69, 9.17) is 4.74 Å². The summed E-state index contributed by atoms with van der Waals surface area (Å²) in [5.74, 6) is 3.47. The quantitative estimate of drug-likeness (QED) is 0.195. The van der Waals surface area contributed by atoms with Crippen LogP contribution < -0.4 is 4.74 Å². The lowest BCUT2D eigenvalue weighted by Gasteiger charge is -2.38. The molecule has 0 radical (unpaired) electrons. The van der Waals surface area contributed by atoms with Gasteiger partial charge in [-0.1, -0.05) is 110 Å². The van der Waals surface area contributed by atoms with Crippen LogP contribution in [0.25, 0.3) is 0 Å². The van der Waals surface area contributed by atoms with Crippen LogP contribution in [0.3, 0.4) is 0 Å². The van der Waals surface area contributed by atoms with Crippen molar-refractivity contribution in [2.75, 3.05) is 6.61 Å². The van der Waals surface area contributed by atoms with Gasteiger partial charge in [0.05, 0.1) is 6.61 Å². The van der Waals surface area contributed by atoms with Crippen molar-refractivity contribution in [2.24, 2.45) is 35.5 Å². The first-order chi connectivity index (χ1) is 19.6. The average molecular weight is 559 g/mol. The van der Waals surface area contributed by atoms with E-state index in [2.05, 4.69) is 13.8 Å². The number of ether oxygens (including phenoxy) is 1. The molecule has 0 unspecified atom stereocenters. The third-order valence-corrected chi connectivity index (χ3v) is 11.3. The highest BCUT2D eigenvalue weighted by atomic mass is 19.2. The maximum atomic E-state index is 14.9. The second-order valence-corrected chi connectivity index (χ2v) is 14.1. The van der Waals surface area contributed by atoms with Gasteiger partial charge in [-0.05, 0) is 98.5 Å². The van der Waals surface area contributed by atoms with Gasteiger partial charge in [-0.15, -0.1) is 0 Å². The van der Waals surface area contributed by atoms with Crippen molar-refractivity contribution in [3.63, 3.8) is 0 Å². The highest BCUT2D eigenvalue weighted by molar-refractivity contribution is 5.31. The number of aryl methyl sites for hydroxylation is 1. The SMILES string of the molecule is CCCCCCCC1CCC(C2CCC(CCc3ccc(OCC4CCC(CCC)CC4)c(F)c3F)CC2)CC1. The van der Waals surface area contributed by atoms with Crippen LogP contribution in [-0.2, 0) is 6.42 Å². The molecule has 1 aromatic rings. The fraction of sp³-hybridized carbons (Fsp3) is 0.838. The smallest absolute Gasteiger partial charge is 0.200 e. The molecule has 4 rings (SSSR count). The lowest BCUT2D eigenvalue weighted by molar-refractivity contribution is 0.140. The van der Waals surface area contributed by atoms with E-state index in [9.17, 15) is 8.78 Å². The minimum absolute atomic E-state index is 0.101. The number of hydrogen-bond donors (Lipinski definition) is 0. The van der Waals surface area contributed by atoms with E-state index in [1.54, 1.807) is 12.1 Å². The maximum Gasteiger partial charge on any atom is 0.200 e. The standard InChI is InChI=1S/C37H60F2O/c1-3-5-6-7-8-10-29-15-20-32(21-16-29)33-22-17-30(18-23-33)19-24-34-25-26-35(37(39)36(34)38)40-27-31-13-11-28(9-4-2)12-14-31/h25-26,28-33H,3-24,27H2,1-2H3. The predicted molar refractivity (Wildman–Crippen MR) is 165 cm³/mol. The zero-order chi connectivity index (χ0) is 28.2. The van der Waals surface area contributed by atoms with E-state index in [0.29, 0.717) is 30.4 Å². The van der Waals surface area contributed by atoms with E-state index in [1.165, 1.54) is 116 Å². The van der Waals surface area contributed by atoms with Crippen molar-refractivity contribution in [3.05, 3.63) is 29.3 Å². The van der Waals surface area contributed by atoms with Crippen LogP contribution in [0, 0.1) is 47.1 Å². The van der Waals surface area contributed by atoms with E-state index in [0.717, 1.165) is 42.9 Å². The van der Waals surface area contributed by atoms with E-state index < -0.39 is 11.6 Å². The summed E-state index contributed by atoms with van der Waals surface area (Å²) in [6.45, 7) is 5.06. The van der Waals surface area contributed by atoms with Crippen molar-refractivity contribution in [3.8, 4) is 5.75 Å². The second-order valence-electron chi connectivity index (χ2n) is 14.1. The molecule has 0 aliphatic heterocycles. The molecule has 0 aromatic heterocycles. The monoisotopic (exact) mass is 558 g/mol. The van der Waals surface area contributed by atoms with Crippen LogP contribution in [0.2, 0.25) is 0 Å². The molecule has 3 aliphatic rings. The molecule has 3 aliphatic carbocycles. The van der Waals surface area contributed by atoms with Gasteiger partial charge in [0.2, 0.25) is 5.82 Å². The predicted octanol–water partition coefficient (Wildman–Crippen LogP) is 11.9. The van der Waals surface area contributed by atoms with Crippen molar-refractivity contribution >= 4 is 0 Å². The zero-order valence-electron chi connectivity index (χ0n) is 26.0. The highest BCUT2D eigenvalue weighted by Crippen LogP contribution is 2.43. The van der Waals surface area contributed by atoms with Gasteiger partial charge in [-0.3, -0.25) is 0 Å². The molecular formula is C37H60F2O. The first-order valence-corrected chi connectivity index (χ1v) is 17.7. The van der Waals surface area contributed by atoms with Gasteiger partial charge < -0.3 is 4.74 Å². The highest BCUT2D eigenvalue weighted by Gasteiger charge is 2.31. The number of benzene rings is 1. The third kappa shape index (κ3) is 9.72. The molecule has 1 aromatic carbocycles. The molecule has 40 heavy (non-hydrogen) atoms. The Morgan fingerprint density at radius 2 is 1.12 bits per heavy atom. The van der Waals surface area contributed by atoms with E-state index in [-0.39, 0.29) is 5.75 Å². The van der Waals surface area contributed by atoms with Crippen LogP contribution in [-0.4, -0.2) is 6.61 Å². The molecular weight excluding hydrogens is 498 g/mol. The van der Waals surface area contributed by atoms with E-state index >= 15 is 0 Å². The van der Waals surface area contributed by atoms with Crippen molar-refractivity contribution < 1.29 is 13.5 Å². The van der Waals surface area contributed by atoms with Gasteiger partial charge in [0.15, 0.2) is 11.6 Å². The number of unbranched alkanes of at least 4 members (excludes halogenated alkanes) is 4. The molecule has 3 heteroatoms. The molecule has 0 saturated heterocycles. The summed E-state index contributed by atoms with van der Waals surface area (Å²) in [5.41, 5.74) is 0.528. The summed E-state index contributed by atoms with van der Waals surface area (Å²) in [4.78, 5) is 0. The Balaban J connectivity index is 1.12. The van der Waals surface area contributed by atoms with Crippen LogP contribution in [0.4, 0.5) is 8.78 Å². The summed E-state index contributed by atoms with van der Waals surface area (Å²) < 4.78 is 35.6. The van der Waals surface area contributed by atoms with Crippen molar-refractivity contribution in [2.45, 2.75) is 155 Å². The largest absolute Gasteiger partial charge is 0.490 e. The van der Waals surface area contributed by atoms with Crippen LogP contribution in [0.1, 0.15) is 154 Å². The Morgan fingerprint density at radius 1 is 0.575 bits per heavy atom. The second kappa shape index (κ2) is 17.1. The lowest BCUT2D eigenvalue weighted by atomic mass is 9.68. The Bertz CT molecular complexity index is 829. The Labute approximate surface area is 245 Å². The summed E-state index contributed by atoms with van der Waals surface area (Å²) in [6, 6.07) is 3.45. The summed E-state index contributed by atoms with van der Waals surface area (Å²) in [5, 5.41) is 0. The third-order valence-electron chi connectivity index (χ3n) is 11.3. The maximum absolute atomic E-state index is 14.9. The van der Waals surface area contributed by atoms with Crippen molar-refractivity contribution in [1.29, 1.82) is 0 Å². The Hall–Kier alpha value is -1.12. The zero-order valence-corrected chi connectivity index (χ0v) is 26.0. The molecule has 228 valence electrons. The molecule has 0 bridgehead atoms. The molecule has 1 nitrogen and oxygen atoms in total. The fourth-order valence-corrected chi connectivity index (χ4v) is 8.47. The van der Waals surface area contributed by atoms with Crippen LogP contribution in [0.15, 0.2) is 12.1 Å². The Morgan fingerprint density at radius 3 is 1.75 bits per heavy atom. The van der Waals surface area contributed by atoms with E-state index in [1.807, 2.05) is 0 Å². The van der Waals surface area contributed by atoms with Gasteiger partial charge in [-0.2, -0.15) is 4.39 Å². The van der Waals surface area contributed by atoms with Crippen molar-refractivity contribution in [1.82, 2.24) is 0 Å². The van der Waals surface area contributed by atoms with Gasteiger partial charge in [0, 0.05) is 0 Å². The summed E-state index contributed by atoms with van der Waals surface area (Å²) >= 11 is 0. The molecule has 0 atom stereocenters. The van der Waals surface area contributed by atoms with Crippen LogP contribution in [0.5, 0.6) is 5.75 Å². The van der Waals surface area contributed by atoms with Gasteiger partial charge in [0.25, 0.3) is 0 Å². The fourth-order valence-electron chi connectivity index (χ4n) is 8.47. The summed E-state index contributed by atoms with van der Waals surface area (Å²) in [7, 11) is 0. The molecule has 0 amide bonds. The molecule has 0 N–H and O–H groups in total. The van der Waals surface area contributed by atoms with Gasteiger partial charge >= 0.3 is 0 Å². The topological polar surface area (TPSA) is 9.23 Å². The number of halogens is 2. The Kier molecular flexibility index (Phi) is 13.6.